The molecule has 8 nitrogen and oxygen atoms in total. The number of nitro benzene ring substituents is 1. The van der Waals surface area contributed by atoms with Gasteiger partial charge in [0.15, 0.2) is 5.75 Å². The number of benzene rings is 2. The van der Waals surface area contributed by atoms with Gasteiger partial charge in [-0.25, -0.2) is 0 Å². The van der Waals surface area contributed by atoms with Crippen LogP contribution in [0.4, 0.5) is 11.4 Å². The summed E-state index contributed by atoms with van der Waals surface area (Å²) in [6.07, 6.45) is 1.44. The lowest BCUT2D eigenvalue weighted by Crippen LogP contribution is -2.01. The van der Waals surface area contributed by atoms with E-state index >= 15 is 0 Å². The van der Waals surface area contributed by atoms with E-state index in [-0.39, 0.29) is 17.2 Å². The molecule has 0 aliphatic rings. The lowest BCUT2D eigenvalue weighted by atomic mass is 10.2. The molecule has 26 heavy (non-hydrogen) atoms. The molecule has 0 aliphatic heterocycles. The third kappa shape index (κ3) is 4.54. The fourth-order valence-corrected chi connectivity index (χ4v) is 2.46. The number of nitrogens with zero attached hydrogens (tertiary/aromatic N) is 2. The van der Waals surface area contributed by atoms with Crippen LogP contribution < -0.4 is 19.6 Å². The van der Waals surface area contributed by atoms with E-state index in [1.807, 2.05) is 0 Å². The number of nitrogens with one attached hydrogen (secondary N) is 1. The predicted molar refractivity (Wildman–Crippen MR) is 100 cm³/mol. The van der Waals surface area contributed by atoms with Gasteiger partial charge in [-0.3, -0.25) is 15.5 Å². The van der Waals surface area contributed by atoms with Crippen LogP contribution in [0.15, 0.2) is 35.4 Å². The summed E-state index contributed by atoms with van der Waals surface area (Å²) in [5.74, 6) is 0.898. The minimum Gasteiger partial charge on any atom is -0.495 e. The number of hydrogen-bond acceptors (Lipinski definition) is 7. The van der Waals surface area contributed by atoms with Crippen LogP contribution >= 0.6 is 11.6 Å². The second-order valence-electron chi connectivity index (χ2n) is 4.98. The number of hydrazone groups is 1. The van der Waals surface area contributed by atoms with Gasteiger partial charge in [0.1, 0.15) is 5.75 Å². The molecule has 0 amide bonds. The highest BCUT2D eigenvalue weighted by Crippen LogP contribution is 2.37. The average Bonchev–Trinajstić information content (AvgIpc) is 2.61. The molecule has 2 aromatic carbocycles. The van der Waals surface area contributed by atoms with Gasteiger partial charge < -0.3 is 14.2 Å². The molecule has 9 heteroatoms. The van der Waals surface area contributed by atoms with Gasteiger partial charge in [-0.1, -0.05) is 11.6 Å². The molecular formula is C17H18ClN3O5. The monoisotopic (exact) mass is 379 g/mol. The lowest BCUT2D eigenvalue weighted by Gasteiger charge is -2.10. The Morgan fingerprint density at radius 2 is 2.00 bits per heavy atom. The lowest BCUT2D eigenvalue weighted by molar-refractivity contribution is -0.385. The van der Waals surface area contributed by atoms with Crippen LogP contribution in [-0.4, -0.2) is 32.0 Å². The van der Waals surface area contributed by atoms with Crippen LogP contribution in [-0.2, 0) is 0 Å². The van der Waals surface area contributed by atoms with E-state index in [4.69, 9.17) is 25.8 Å². The van der Waals surface area contributed by atoms with Crippen molar-refractivity contribution in [3.63, 3.8) is 0 Å². The Balaban J connectivity index is 2.26. The molecule has 2 aromatic rings. The van der Waals surface area contributed by atoms with Crippen LogP contribution in [0.2, 0.25) is 5.02 Å². The van der Waals surface area contributed by atoms with E-state index in [1.165, 1.54) is 26.5 Å². The highest BCUT2D eigenvalue weighted by Gasteiger charge is 2.21. The number of halogens is 1. The molecule has 0 saturated heterocycles. The van der Waals surface area contributed by atoms with Crippen molar-refractivity contribution in [1.82, 2.24) is 0 Å². The molecule has 1 N–H and O–H groups in total. The average molecular weight is 380 g/mol. The molecular weight excluding hydrogens is 362 g/mol. The summed E-state index contributed by atoms with van der Waals surface area (Å²) in [6.45, 7) is 2.12. The van der Waals surface area contributed by atoms with Crippen molar-refractivity contribution >= 4 is 29.2 Å². The van der Waals surface area contributed by atoms with Crippen molar-refractivity contribution in [1.29, 1.82) is 0 Å². The van der Waals surface area contributed by atoms with E-state index in [0.717, 1.165) is 0 Å². The topological polar surface area (TPSA) is 95.2 Å². The summed E-state index contributed by atoms with van der Waals surface area (Å²) in [5.41, 5.74) is 3.72. The molecule has 0 fully saturated rings. The van der Waals surface area contributed by atoms with Crippen LogP contribution in [0.1, 0.15) is 12.5 Å². The second-order valence-corrected chi connectivity index (χ2v) is 5.39. The molecule has 0 aromatic heterocycles. The minimum absolute atomic E-state index is 0.0731. The number of ether oxygens (including phenoxy) is 3. The number of hydrogen-bond donors (Lipinski definition) is 1. The van der Waals surface area contributed by atoms with Crippen molar-refractivity contribution < 1.29 is 19.1 Å². The number of methoxy groups -OCH3 is 2. The van der Waals surface area contributed by atoms with Crippen LogP contribution in [0.3, 0.4) is 0 Å². The van der Waals surface area contributed by atoms with Gasteiger partial charge in [0, 0.05) is 11.6 Å². The van der Waals surface area contributed by atoms with Gasteiger partial charge in [0.2, 0.25) is 5.75 Å². The van der Waals surface area contributed by atoms with Gasteiger partial charge in [-0.2, -0.15) is 5.10 Å². The normalized spacial score (nSPS) is 10.6. The Morgan fingerprint density at radius 3 is 2.58 bits per heavy atom. The predicted octanol–water partition coefficient (Wildman–Crippen LogP) is 4.11. The van der Waals surface area contributed by atoms with Crippen molar-refractivity contribution in [2.45, 2.75) is 6.92 Å². The largest absolute Gasteiger partial charge is 0.495 e. The molecule has 0 bridgehead atoms. The zero-order valence-corrected chi connectivity index (χ0v) is 15.2. The molecule has 138 valence electrons. The third-order valence-corrected chi connectivity index (χ3v) is 3.61. The highest BCUT2D eigenvalue weighted by atomic mass is 35.5. The molecule has 0 radical (unpaired) electrons. The molecule has 0 atom stereocenters. The highest BCUT2D eigenvalue weighted by molar-refractivity contribution is 6.32. The summed E-state index contributed by atoms with van der Waals surface area (Å²) in [7, 11) is 2.88. The molecule has 0 saturated carbocycles. The Morgan fingerprint density at radius 1 is 1.23 bits per heavy atom. The van der Waals surface area contributed by atoms with Crippen LogP contribution in [0, 0.1) is 10.1 Å². The quantitative estimate of drug-likeness (QED) is 0.421. The van der Waals surface area contributed by atoms with Gasteiger partial charge in [-0.05, 0) is 31.2 Å². The first-order valence-corrected chi connectivity index (χ1v) is 7.99. The van der Waals surface area contributed by atoms with Crippen molar-refractivity contribution in [3.05, 3.63) is 51.0 Å². The SMILES string of the molecule is CCOc1cc(/C=N/Nc2ccc(OC)c(Cl)c2)cc([N+](=O)[O-])c1OC. The third-order valence-electron chi connectivity index (χ3n) is 3.32. The van der Waals surface area contributed by atoms with Crippen LogP contribution in [0.25, 0.3) is 0 Å². The maximum absolute atomic E-state index is 11.3. The number of anilines is 1. The molecule has 0 aliphatic carbocycles. The summed E-state index contributed by atoms with van der Waals surface area (Å²) in [5, 5.41) is 15.8. The smallest absolute Gasteiger partial charge is 0.315 e. The van der Waals surface area contributed by atoms with Crippen molar-refractivity contribution in [3.8, 4) is 17.2 Å². The Kier molecular flexibility index (Phi) is 6.62. The summed E-state index contributed by atoms with van der Waals surface area (Å²) >= 11 is 6.05. The Bertz CT molecular complexity index is 826. The minimum atomic E-state index is -0.532. The van der Waals surface area contributed by atoms with E-state index in [2.05, 4.69) is 10.5 Å². The standard InChI is InChI=1S/C17H18ClN3O5/c1-4-26-16-8-11(7-14(21(22)23)17(16)25-3)10-19-20-12-5-6-15(24-2)13(18)9-12/h5-10,20H,4H2,1-3H3/b19-10+. The molecule has 0 spiro atoms. The first-order valence-electron chi connectivity index (χ1n) is 7.62. The summed E-state index contributed by atoms with van der Waals surface area (Å²) in [6, 6.07) is 8.06. The van der Waals surface area contributed by atoms with Crippen molar-refractivity contribution in [2.24, 2.45) is 5.10 Å². The molecule has 0 heterocycles. The maximum Gasteiger partial charge on any atom is 0.315 e. The Labute approximate surface area is 155 Å². The van der Waals surface area contributed by atoms with Crippen LogP contribution in [0.5, 0.6) is 17.2 Å². The van der Waals surface area contributed by atoms with E-state index in [9.17, 15) is 10.1 Å². The van der Waals surface area contributed by atoms with Crippen molar-refractivity contribution in [2.75, 3.05) is 26.3 Å². The maximum atomic E-state index is 11.3. The first kappa shape index (κ1) is 19.3. The fraction of sp³-hybridized carbons (Fsp3) is 0.235. The van der Waals surface area contributed by atoms with E-state index < -0.39 is 4.92 Å². The fourth-order valence-electron chi connectivity index (χ4n) is 2.20. The van der Waals surface area contributed by atoms with Gasteiger partial charge in [0.05, 0.1) is 42.7 Å². The van der Waals surface area contributed by atoms with Gasteiger partial charge in [0.25, 0.3) is 0 Å². The molecule has 2 rings (SSSR count). The second kappa shape index (κ2) is 8.91. The molecule has 0 unspecified atom stereocenters. The van der Waals surface area contributed by atoms with E-state index in [0.29, 0.717) is 28.6 Å². The number of rotatable bonds is 8. The Hall–Kier alpha value is -3.00. The zero-order valence-electron chi connectivity index (χ0n) is 14.5. The number of nitro groups is 1. The van der Waals surface area contributed by atoms with Gasteiger partial charge in [-0.15, -0.1) is 0 Å². The summed E-state index contributed by atoms with van der Waals surface area (Å²) in [4.78, 5) is 10.7. The zero-order chi connectivity index (χ0) is 19.1. The van der Waals surface area contributed by atoms with Gasteiger partial charge >= 0.3 is 5.69 Å². The van der Waals surface area contributed by atoms with E-state index in [1.54, 1.807) is 31.2 Å². The first-order chi connectivity index (χ1) is 12.5. The summed E-state index contributed by atoms with van der Waals surface area (Å²) < 4.78 is 15.6.